The number of halogens is 2. The van der Waals surface area contributed by atoms with Crippen molar-refractivity contribution in [2.75, 3.05) is 6.61 Å². The fourth-order valence-corrected chi connectivity index (χ4v) is 1.99. The minimum atomic E-state index is -1.09. The van der Waals surface area contributed by atoms with Gasteiger partial charge >= 0.3 is 5.97 Å². The molecule has 5 nitrogen and oxygen atoms in total. The van der Waals surface area contributed by atoms with Gasteiger partial charge in [-0.25, -0.2) is 4.79 Å². The second-order valence-electron chi connectivity index (χ2n) is 4.16. The molecule has 2 aromatic rings. The molecule has 0 bridgehead atoms. The zero-order valence-corrected chi connectivity index (χ0v) is 12.6. The van der Waals surface area contributed by atoms with Gasteiger partial charge in [0, 0.05) is 11.1 Å². The zero-order chi connectivity index (χ0) is 16.1. The van der Waals surface area contributed by atoms with Crippen LogP contribution in [-0.2, 0) is 4.79 Å². The molecule has 0 spiro atoms. The second-order valence-corrected chi connectivity index (χ2v) is 5.01. The lowest BCUT2D eigenvalue weighted by Gasteiger charge is -2.10. The maximum absolute atomic E-state index is 10.5. The molecule has 0 heterocycles. The summed E-state index contributed by atoms with van der Waals surface area (Å²) in [6.45, 7) is -0.475. The van der Waals surface area contributed by atoms with E-state index in [1.165, 1.54) is 36.4 Å². The number of aliphatic carboxylic acids is 1. The number of hydrogen-bond donors (Lipinski definition) is 1. The van der Waals surface area contributed by atoms with Gasteiger partial charge in [0.15, 0.2) is 6.61 Å². The highest BCUT2D eigenvalue weighted by molar-refractivity contribution is 6.32. The molecular formula is C15H9Cl2NO4. The van der Waals surface area contributed by atoms with Crippen LogP contribution >= 0.6 is 23.2 Å². The number of nitriles is 1. The third kappa shape index (κ3) is 4.29. The van der Waals surface area contributed by atoms with Crippen LogP contribution in [0.1, 0.15) is 5.56 Å². The van der Waals surface area contributed by atoms with Gasteiger partial charge in [0.1, 0.15) is 17.2 Å². The number of benzene rings is 2. The van der Waals surface area contributed by atoms with E-state index in [1.807, 2.05) is 6.07 Å². The van der Waals surface area contributed by atoms with Crippen LogP contribution in [0.15, 0.2) is 36.4 Å². The summed E-state index contributed by atoms with van der Waals surface area (Å²) in [6, 6.07) is 11.0. The van der Waals surface area contributed by atoms with Gasteiger partial charge < -0.3 is 14.6 Å². The van der Waals surface area contributed by atoms with E-state index >= 15 is 0 Å². The molecule has 0 unspecified atom stereocenters. The normalized spacial score (nSPS) is 9.86. The summed E-state index contributed by atoms with van der Waals surface area (Å²) in [6.07, 6.45) is 0. The van der Waals surface area contributed by atoms with Crippen molar-refractivity contribution in [3.8, 4) is 23.3 Å². The first-order chi connectivity index (χ1) is 10.5. The Kier molecular flexibility index (Phi) is 5.10. The smallest absolute Gasteiger partial charge is 0.341 e. The van der Waals surface area contributed by atoms with Crippen LogP contribution < -0.4 is 9.47 Å². The van der Waals surface area contributed by atoms with Gasteiger partial charge in [-0.15, -0.1) is 0 Å². The van der Waals surface area contributed by atoms with Crippen molar-refractivity contribution in [3.63, 3.8) is 0 Å². The summed E-state index contributed by atoms with van der Waals surface area (Å²) >= 11 is 11.9. The standard InChI is InChI=1S/C15H9Cl2NO4/c16-10-3-9(7-18)4-12(5-10)22-14-6-11(1-2-13(14)17)21-8-15(19)20/h1-6H,8H2,(H,19,20). The topological polar surface area (TPSA) is 79.5 Å². The third-order valence-corrected chi connectivity index (χ3v) is 3.02. The van der Waals surface area contributed by atoms with Crippen molar-refractivity contribution >= 4 is 29.2 Å². The van der Waals surface area contributed by atoms with Gasteiger partial charge in [0.2, 0.25) is 0 Å². The number of carboxylic acid groups (broad SMARTS) is 1. The van der Waals surface area contributed by atoms with Gasteiger partial charge in [-0.3, -0.25) is 0 Å². The molecule has 0 saturated carbocycles. The first kappa shape index (κ1) is 16.0. The van der Waals surface area contributed by atoms with Crippen LogP contribution in [0.2, 0.25) is 10.0 Å². The van der Waals surface area contributed by atoms with E-state index in [1.54, 1.807) is 0 Å². The summed E-state index contributed by atoms with van der Waals surface area (Å²) in [7, 11) is 0. The quantitative estimate of drug-likeness (QED) is 0.887. The second kappa shape index (κ2) is 7.03. The molecule has 7 heteroatoms. The summed E-state index contributed by atoms with van der Waals surface area (Å²) in [5.41, 5.74) is 0.344. The highest BCUT2D eigenvalue weighted by Gasteiger charge is 2.08. The van der Waals surface area contributed by atoms with Crippen molar-refractivity contribution in [1.82, 2.24) is 0 Å². The maximum atomic E-state index is 10.5. The number of carbonyl (C=O) groups is 1. The van der Waals surface area contributed by atoms with Gasteiger partial charge in [-0.05, 0) is 30.3 Å². The van der Waals surface area contributed by atoms with Crippen molar-refractivity contribution in [3.05, 3.63) is 52.0 Å². The van der Waals surface area contributed by atoms with Crippen LogP contribution in [0, 0.1) is 11.3 Å². The monoisotopic (exact) mass is 337 g/mol. The molecule has 0 fully saturated rings. The molecule has 1 N–H and O–H groups in total. The van der Waals surface area contributed by atoms with Crippen LogP contribution in [-0.4, -0.2) is 17.7 Å². The zero-order valence-electron chi connectivity index (χ0n) is 11.0. The number of carboxylic acids is 1. The van der Waals surface area contributed by atoms with Crippen LogP contribution in [0.3, 0.4) is 0 Å². The number of rotatable bonds is 5. The van der Waals surface area contributed by atoms with Crippen LogP contribution in [0.25, 0.3) is 0 Å². The molecule has 0 aliphatic heterocycles. The van der Waals surface area contributed by atoms with Crippen molar-refractivity contribution in [1.29, 1.82) is 5.26 Å². The Morgan fingerprint density at radius 2 is 1.95 bits per heavy atom. The van der Waals surface area contributed by atoms with E-state index in [0.717, 1.165) is 0 Å². The van der Waals surface area contributed by atoms with Gasteiger partial charge in [-0.2, -0.15) is 5.26 Å². The molecule has 2 rings (SSSR count). The fraction of sp³-hybridized carbons (Fsp3) is 0.0667. The Morgan fingerprint density at radius 3 is 2.64 bits per heavy atom. The lowest BCUT2D eigenvalue weighted by atomic mass is 10.2. The van der Waals surface area contributed by atoms with E-state index in [9.17, 15) is 4.79 Å². The van der Waals surface area contributed by atoms with E-state index in [-0.39, 0.29) is 5.75 Å². The predicted octanol–water partition coefficient (Wildman–Crippen LogP) is 4.12. The van der Waals surface area contributed by atoms with E-state index in [4.69, 9.17) is 43.0 Å². The molecule has 0 aliphatic carbocycles. The lowest BCUT2D eigenvalue weighted by Crippen LogP contribution is -2.09. The molecule has 0 amide bonds. The first-order valence-electron chi connectivity index (χ1n) is 6.00. The Bertz CT molecular complexity index is 756. The Labute approximate surface area is 136 Å². The molecular weight excluding hydrogens is 329 g/mol. The SMILES string of the molecule is N#Cc1cc(Cl)cc(Oc2cc(OCC(=O)O)ccc2Cl)c1. The van der Waals surface area contributed by atoms with E-state index in [0.29, 0.717) is 27.1 Å². The molecule has 2 aromatic carbocycles. The summed E-state index contributed by atoms with van der Waals surface area (Å²) < 4.78 is 10.6. The van der Waals surface area contributed by atoms with E-state index < -0.39 is 12.6 Å². The Hall–Kier alpha value is -2.42. The Morgan fingerprint density at radius 1 is 1.18 bits per heavy atom. The number of hydrogen-bond acceptors (Lipinski definition) is 4. The largest absolute Gasteiger partial charge is 0.482 e. The van der Waals surface area contributed by atoms with Crippen LogP contribution in [0.4, 0.5) is 0 Å². The Balaban J connectivity index is 2.25. The van der Waals surface area contributed by atoms with Gasteiger partial charge in [0.25, 0.3) is 0 Å². The fourth-order valence-electron chi connectivity index (χ4n) is 1.61. The summed E-state index contributed by atoms with van der Waals surface area (Å²) in [4.78, 5) is 10.5. The highest BCUT2D eigenvalue weighted by Crippen LogP contribution is 2.34. The molecule has 112 valence electrons. The summed E-state index contributed by atoms with van der Waals surface area (Å²) in [5.74, 6) is -0.202. The maximum Gasteiger partial charge on any atom is 0.341 e. The molecule has 0 saturated heterocycles. The molecule has 0 aromatic heterocycles. The molecule has 0 aliphatic rings. The van der Waals surface area contributed by atoms with Gasteiger partial charge in [-0.1, -0.05) is 23.2 Å². The number of ether oxygens (including phenoxy) is 2. The third-order valence-electron chi connectivity index (χ3n) is 2.49. The average molecular weight is 338 g/mol. The van der Waals surface area contributed by atoms with Gasteiger partial charge in [0.05, 0.1) is 16.7 Å². The number of nitrogens with zero attached hydrogens (tertiary/aromatic N) is 1. The first-order valence-corrected chi connectivity index (χ1v) is 6.76. The highest BCUT2D eigenvalue weighted by atomic mass is 35.5. The van der Waals surface area contributed by atoms with Crippen molar-refractivity contribution in [2.45, 2.75) is 0 Å². The molecule has 0 radical (unpaired) electrons. The molecule has 0 atom stereocenters. The predicted molar refractivity (Wildman–Crippen MR) is 80.8 cm³/mol. The van der Waals surface area contributed by atoms with Crippen molar-refractivity contribution in [2.24, 2.45) is 0 Å². The van der Waals surface area contributed by atoms with E-state index in [2.05, 4.69) is 0 Å². The minimum Gasteiger partial charge on any atom is -0.482 e. The van der Waals surface area contributed by atoms with Crippen LogP contribution in [0.5, 0.6) is 17.2 Å². The summed E-state index contributed by atoms with van der Waals surface area (Å²) in [5, 5.41) is 18.2. The lowest BCUT2D eigenvalue weighted by molar-refractivity contribution is -0.139. The average Bonchev–Trinajstić information content (AvgIpc) is 2.47. The minimum absolute atomic E-state index is 0.260. The van der Waals surface area contributed by atoms with Crippen molar-refractivity contribution < 1.29 is 19.4 Å². The molecule has 22 heavy (non-hydrogen) atoms.